The minimum absolute atomic E-state index is 0.232. The normalized spacial score (nSPS) is 16.6. The highest BCUT2D eigenvalue weighted by Gasteiger charge is 2.27. The number of hydrogen-bond acceptors (Lipinski definition) is 4. The molecule has 0 saturated carbocycles. The molecular weight excluding hydrogens is 380 g/mol. The van der Waals surface area contributed by atoms with Gasteiger partial charge in [-0.15, -0.1) is 0 Å². The first-order chi connectivity index (χ1) is 14.4. The average Bonchev–Trinajstić information content (AvgIpc) is 3.33. The summed E-state index contributed by atoms with van der Waals surface area (Å²) in [7, 11) is 0. The van der Waals surface area contributed by atoms with Crippen LogP contribution in [0.2, 0.25) is 0 Å². The topological polar surface area (TPSA) is 90.1 Å². The van der Waals surface area contributed by atoms with E-state index in [2.05, 4.69) is 21.7 Å². The van der Waals surface area contributed by atoms with Gasteiger partial charge in [-0.25, -0.2) is 4.99 Å². The summed E-state index contributed by atoms with van der Waals surface area (Å²) >= 11 is 0. The molecule has 1 atom stereocenters. The lowest BCUT2D eigenvalue weighted by molar-refractivity contribution is -0.128. The Morgan fingerprint density at radius 1 is 1.27 bits per heavy atom. The van der Waals surface area contributed by atoms with E-state index in [0.717, 1.165) is 29.9 Å². The van der Waals surface area contributed by atoms with Crippen LogP contribution < -0.4 is 10.6 Å². The molecule has 0 bridgehead atoms. The van der Waals surface area contributed by atoms with E-state index in [0.29, 0.717) is 37.8 Å². The van der Waals surface area contributed by atoms with Crippen LogP contribution in [0.15, 0.2) is 45.8 Å². The minimum Gasteiger partial charge on any atom is -0.463 e. The predicted molar refractivity (Wildman–Crippen MR) is 117 cm³/mol. The highest BCUT2D eigenvalue weighted by Crippen LogP contribution is 2.22. The third-order valence-corrected chi connectivity index (χ3v) is 5.17. The first-order valence-corrected chi connectivity index (χ1v) is 10.5. The Kier molecular flexibility index (Phi) is 7.15. The molecule has 1 amide bonds. The molecule has 0 aliphatic carbocycles. The van der Waals surface area contributed by atoms with Gasteiger partial charge in [0.2, 0.25) is 5.91 Å². The second kappa shape index (κ2) is 9.80. The van der Waals surface area contributed by atoms with Gasteiger partial charge >= 0.3 is 0 Å². The van der Waals surface area contributed by atoms with Gasteiger partial charge in [0.05, 0.1) is 13.1 Å². The van der Waals surface area contributed by atoms with Crippen molar-refractivity contribution in [3.05, 3.63) is 59.0 Å². The maximum absolute atomic E-state index is 11.9. The quantitative estimate of drug-likeness (QED) is 0.458. The fraction of sp³-hybridized carbons (Fsp3) is 0.478. The number of likely N-dealkylation sites (tertiary alicyclic amines) is 1. The standard InChI is InChI=1S/C23H32N4O3/c1-4-24-22(26-16-23(3,29)20-11-10-17(2)30-20)25-14-18-7-5-8-19(13-18)15-27-12-6-9-21(27)28/h5,7-8,10-11,13,29H,4,6,9,12,14-16H2,1-3H3,(H2,24,25,26). The number of amides is 1. The van der Waals surface area contributed by atoms with Crippen LogP contribution in [0.1, 0.15) is 49.3 Å². The van der Waals surface area contributed by atoms with Crippen LogP contribution in [0.3, 0.4) is 0 Å². The second-order valence-electron chi connectivity index (χ2n) is 7.97. The number of nitrogens with zero attached hydrogens (tertiary/aromatic N) is 2. The Balaban J connectivity index is 1.61. The van der Waals surface area contributed by atoms with Crippen LogP contribution in [-0.4, -0.2) is 41.5 Å². The maximum atomic E-state index is 11.9. The zero-order valence-electron chi connectivity index (χ0n) is 18.1. The largest absolute Gasteiger partial charge is 0.463 e. The molecule has 2 heterocycles. The lowest BCUT2D eigenvalue weighted by Gasteiger charge is -2.23. The predicted octanol–water partition coefficient (Wildman–Crippen LogP) is 2.67. The molecule has 1 unspecified atom stereocenters. The summed E-state index contributed by atoms with van der Waals surface area (Å²) in [5, 5.41) is 17.1. The highest BCUT2D eigenvalue weighted by molar-refractivity contribution is 5.80. The van der Waals surface area contributed by atoms with Crippen molar-refractivity contribution in [2.75, 3.05) is 19.6 Å². The van der Waals surface area contributed by atoms with Crippen LogP contribution >= 0.6 is 0 Å². The van der Waals surface area contributed by atoms with Gasteiger partial charge in [-0.05, 0) is 50.5 Å². The van der Waals surface area contributed by atoms with Crippen molar-refractivity contribution in [1.82, 2.24) is 15.5 Å². The van der Waals surface area contributed by atoms with Crippen LogP contribution in [-0.2, 0) is 23.5 Å². The van der Waals surface area contributed by atoms with E-state index in [-0.39, 0.29) is 12.5 Å². The van der Waals surface area contributed by atoms with Crippen molar-refractivity contribution >= 4 is 11.9 Å². The van der Waals surface area contributed by atoms with Gasteiger partial charge in [-0.2, -0.15) is 0 Å². The van der Waals surface area contributed by atoms with E-state index in [9.17, 15) is 9.90 Å². The number of hydrogen-bond donors (Lipinski definition) is 3. The molecule has 0 spiro atoms. The Bertz CT molecular complexity index is 888. The number of aliphatic imine (C=N–C) groups is 1. The highest BCUT2D eigenvalue weighted by atomic mass is 16.4. The smallest absolute Gasteiger partial charge is 0.222 e. The third kappa shape index (κ3) is 5.86. The summed E-state index contributed by atoms with van der Waals surface area (Å²) in [6.45, 7) is 8.54. The molecule has 162 valence electrons. The number of guanidine groups is 1. The van der Waals surface area contributed by atoms with Gasteiger partial charge in [0.15, 0.2) is 5.96 Å². The summed E-state index contributed by atoms with van der Waals surface area (Å²) in [5.74, 6) is 2.14. The molecule has 7 heteroatoms. The lowest BCUT2D eigenvalue weighted by atomic mass is 10.0. The van der Waals surface area contributed by atoms with Crippen LogP contribution in [0.5, 0.6) is 0 Å². The number of aryl methyl sites for hydroxylation is 1. The summed E-state index contributed by atoms with van der Waals surface area (Å²) < 4.78 is 5.57. The van der Waals surface area contributed by atoms with Gasteiger partial charge < -0.3 is 25.1 Å². The van der Waals surface area contributed by atoms with E-state index in [4.69, 9.17) is 4.42 Å². The molecule has 1 fully saturated rings. The Hall–Kier alpha value is -2.80. The van der Waals surface area contributed by atoms with E-state index < -0.39 is 5.60 Å². The molecule has 1 saturated heterocycles. The van der Waals surface area contributed by atoms with Crippen molar-refractivity contribution in [3.63, 3.8) is 0 Å². The first kappa shape index (κ1) is 21.9. The number of rotatable bonds is 8. The number of nitrogens with one attached hydrogen (secondary N) is 2. The Labute approximate surface area is 178 Å². The van der Waals surface area contributed by atoms with Gasteiger partial charge in [-0.1, -0.05) is 24.3 Å². The molecule has 2 aromatic rings. The van der Waals surface area contributed by atoms with Gasteiger partial charge in [0.1, 0.15) is 17.1 Å². The molecule has 30 heavy (non-hydrogen) atoms. The van der Waals surface area contributed by atoms with Gasteiger partial charge in [-0.3, -0.25) is 4.79 Å². The number of carbonyl (C=O) groups is 1. The second-order valence-corrected chi connectivity index (χ2v) is 7.97. The molecule has 3 rings (SSSR count). The van der Waals surface area contributed by atoms with Crippen molar-refractivity contribution in [1.29, 1.82) is 0 Å². The molecule has 1 aromatic carbocycles. The van der Waals surface area contributed by atoms with E-state index in [1.807, 2.05) is 43.0 Å². The lowest BCUT2D eigenvalue weighted by Crippen LogP contribution is -2.44. The number of carbonyl (C=O) groups excluding carboxylic acids is 1. The number of aliphatic hydroxyl groups is 1. The van der Waals surface area contributed by atoms with Crippen LogP contribution in [0, 0.1) is 6.92 Å². The third-order valence-electron chi connectivity index (χ3n) is 5.17. The van der Waals surface area contributed by atoms with Crippen LogP contribution in [0.4, 0.5) is 0 Å². The van der Waals surface area contributed by atoms with Crippen LogP contribution in [0.25, 0.3) is 0 Å². The summed E-state index contributed by atoms with van der Waals surface area (Å²) in [6, 6.07) is 11.8. The van der Waals surface area contributed by atoms with Crippen molar-refractivity contribution in [3.8, 4) is 0 Å². The number of furan rings is 1. The van der Waals surface area contributed by atoms with Crippen molar-refractivity contribution in [2.24, 2.45) is 4.99 Å². The zero-order valence-corrected chi connectivity index (χ0v) is 18.1. The van der Waals surface area contributed by atoms with E-state index >= 15 is 0 Å². The molecule has 7 nitrogen and oxygen atoms in total. The molecule has 1 aliphatic rings. The summed E-state index contributed by atoms with van der Waals surface area (Å²) in [6.07, 6.45) is 1.60. The van der Waals surface area contributed by atoms with Gasteiger partial charge in [0, 0.05) is 26.1 Å². The fourth-order valence-electron chi connectivity index (χ4n) is 3.50. The molecule has 0 radical (unpaired) electrons. The summed E-state index contributed by atoms with van der Waals surface area (Å²) in [4.78, 5) is 18.4. The van der Waals surface area contributed by atoms with Crippen molar-refractivity contribution in [2.45, 2.75) is 52.3 Å². The van der Waals surface area contributed by atoms with E-state index in [1.54, 1.807) is 13.0 Å². The average molecular weight is 413 g/mol. The molecule has 3 N–H and O–H groups in total. The number of benzene rings is 1. The fourth-order valence-corrected chi connectivity index (χ4v) is 3.50. The monoisotopic (exact) mass is 412 g/mol. The Morgan fingerprint density at radius 2 is 2.07 bits per heavy atom. The Morgan fingerprint density at radius 3 is 2.73 bits per heavy atom. The van der Waals surface area contributed by atoms with Crippen molar-refractivity contribution < 1.29 is 14.3 Å². The molecule has 1 aliphatic heterocycles. The molecular formula is C23H32N4O3. The first-order valence-electron chi connectivity index (χ1n) is 10.5. The zero-order chi connectivity index (χ0) is 21.6. The maximum Gasteiger partial charge on any atom is 0.222 e. The van der Waals surface area contributed by atoms with Gasteiger partial charge in [0.25, 0.3) is 0 Å². The minimum atomic E-state index is -1.15. The SMILES string of the molecule is CCNC(=NCc1cccc(CN2CCCC2=O)c1)NCC(C)(O)c1ccc(C)o1. The van der Waals surface area contributed by atoms with E-state index in [1.165, 1.54) is 0 Å². The summed E-state index contributed by atoms with van der Waals surface area (Å²) in [5.41, 5.74) is 1.05. The molecule has 1 aromatic heterocycles.